The molecule has 0 saturated carbocycles. The van der Waals surface area contributed by atoms with E-state index in [-0.39, 0.29) is 17.5 Å². The summed E-state index contributed by atoms with van der Waals surface area (Å²) in [5.41, 5.74) is 0.0228. The van der Waals surface area contributed by atoms with Crippen LogP contribution in [0.1, 0.15) is 27.7 Å². The minimum Gasteiger partial charge on any atom is -0.390 e. The minimum atomic E-state index is -0.510. The average Bonchev–Trinajstić information content (AvgIpc) is 2.40. The van der Waals surface area contributed by atoms with Gasteiger partial charge in [0.15, 0.2) is 0 Å². The summed E-state index contributed by atoms with van der Waals surface area (Å²) in [5.74, 6) is 0. The lowest BCUT2D eigenvalue weighted by molar-refractivity contribution is 0.0651. The standard InChI is InChI=1S/C16H34N4O2/c1-13(16(2,3)4)17-15(22)19(6)11-14(21)12-20-9-7-18(5)8-10-20/h13-14,21H,7-12H2,1-6H3,(H,17,22)/t13-,14-/m0/s1. The Labute approximate surface area is 135 Å². The number of rotatable bonds is 5. The number of piperazine rings is 1. The van der Waals surface area contributed by atoms with E-state index in [0.717, 1.165) is 26.2 Å². The number of hydrogen-bond donors (Lipinski definition) is 2. The molecule has 0 unspecified atom stereocenters. The molecule has 130 valence electrons. The Morgan fingerprint density at radius 2 is 1.82 bits per heavy atom. The zero-order valence-electron chi connectivity index (χ0n) is 15.1. The second-order valence-electron chi connectivity index (χ2n) is 7.68. The van der Waals surface area contributed by atoms with E-state index in [1.165, 1.54) is 0 Å². The monoisotopic (exact) mass is 314 g/mol. The molecule has 1 aliphatic rings. The van der Waals surface area contributed by atoms with E-state index in [1.807, 2.05) is 6.92 Å². The summed E-state index contributed by atoms with van der Waals surface area (Å²) in [6, 6.07) is -0.0444. The van der Waals surface area contributed by atoms with Gasteiger partial charge in [-0.05, 0) is 19.4 Å². The van der Waals surface area contributed by atoms with Crippen LogP contribution in [-0.2, 0) is 0 Å². The number of amides is 2. The van der Waals surface area contributed by atoms with Crippen LogP contribution >= 0.6 is 0 Å². The molecule has 0 aromatic rings. The van der Waals surface area contributed by atoms with E-state index in [2.05, 4.69) is 42.9 Å². The minimum absolute atomic E-state index is 0.0228. The van der Waals surface area contributed by atoms with Gasteiger partial charge in [-0.3, -0.25) is 4.90 Å². The van der Waals surface area contributed by atoms with Gasteiger partial charge < -0.3 is 20.2 Å². The summed E-state index contributed by atoms with van der Waals surface area (Å²) in [4.78, 5) is 18.3. The van der Waals surface area contributed by atoms with Crippen LogP contribution in [0.2, 0.25) is 0 Å². The second-order valence-corrected chi connectivity index (χ2v) is 7.68. The van der Waals surface area contributed by atoms with Crippen LogP contribution in [-0.4, -0.2) is 91.3 Å². The molecule has 1 fully saturated rings. The number of nitrogens with zero attached hydrogens (tertiary/aromatic N) is 3. The molecule has 1 aliphatic heterocycles. The third-order valence-electron chi connectivity index (χ3n) is 4.54. The van der Waals surface area contributed by atoms with Gasteiger partial charge in [-0.1, -0.05) is 20.8 Å². The molecule has 0 spiro atoms. The first-order chi connectivity index (χ1) is 10.1. The number of urea groups is 1. The molecule has 0 aromatic heterocycles. The fourth-order valence-corrected chi connectivity index (χ4v) is 2.30. The maximum Gasteiger partial charge on any atom is 0.317 e. The van der Waals surface area contributed by atoms with Gasteiger partial charge in [-0.15, -0.1) is 0 Å². The van der Waals surface area contributed by atoms with Crippen molar-refractivity contribution in [3.05, 3.63) is 0 Å². The molecule has 0 radical (unpaired) electrons. The van der Waals surface area contributed by atoms with Crippen LogP contribution in [0.5, 0.6) is 0 Å². The highest BCUT2D eigenvalue weighted by atomic mass is 16.3. The smallest absolute Gasteiger partial charge is 0.317 e. The maximum absolute atomic E-state index is 12.2. The maximum atomic E-state index is 12.2. The van der Waals surface area contributed by atoms with Gasteiger partial charge in [0.25, 0.3) is 0 Å². The molecule has 6 heteroatoms. The zero-order valence-corrected chi connectivity index (χ0v) is 15.1. The molecular weight excluding hydrogens is 280 g/mol. The molecule has 1 saturated heterocycles. The van der Waals surface area contributed by atoms with Crippen molar-refractivity contribution in [1.29, 1.82) is 0 Å². The summed E-state index contributed by atoms with van der Waals surface area (Å²) < 4.78 is 0. The van der Waals surface area contributed by atoms with E-state index in [4.69, 9.17) is 0 Å². The lowest BCUT2D eigenvalue weighted by Gasteiger charge is -2.34. The Hall–Kier alpha value is -0.850. The highest BCUT2D eigenvalue weighted by Crippen LogP contribution is 2.18. The SMILES string of the molecule is C[C@H](NC(=O)N(C)C[C@H](O)CN1CCN(C)CC1)C(C)(C)C. The van der Waals surface area contributed by atoms with Crippen molar-refractivity contribution in [2.75, 3.05) is 53.4 Å². The van der Waals surface area contributed by atoms with Gasteiger partial charge in [0.1, 0.15) is 0 Å². The first kappa shape index (κ1) is 19.2. The summed E-state index contributed by atoms with van der Waals surface area (Å²) >= 11 is 0. The summed E-state index contributed by atoms with van der Waals surface area (Å²) in [6.07, 6.45) is -0.510. The van der Waals surface area contributed by atoms with E-state index < -0.39 is 6.10 Å². The first-order valence-corrected chi connectivity index (χ1v) is 8.20. The van der Waals surface area contributed by atoms with Crippen LogP contribution in [0.25, 0.3) is 0 Å². The number of carbonyl (C=O) groups excluding carboxylic acids is 1. The lowest BCUT2D eigenvalue weighted by atomic mass is 9.88. The van der Waals surface area contributed by atoms with Crippen LogP contribution in [0.3, 0.4) is 0 Å². The molecule has 2 N–H and O–H groups in total. The zero-order chi connectivity index (χ0) is 16.9. The normalized spacial score (nSPS) is 20.5. The van der Waals surface area contributed by atoms with E-state index >= 15 is 0 Å². The fourth-order valence-electron chi connectivity index (χ4n) is 2.30. The van der Waals surface area contributed by atoms with Crippen molar-refractivity contribution in [1.82, 2.24) is 20.0 Å². The Morgan fingerprint density at radius 3 is 2.32 bits per heavy atom. The molecule has 1 heterocycles. The number of likely N-dealkylation sites (N-methyl/N-ethyl adjacent to an activating group) is 2. The van der Waals surface area contributed by atoms with Crippen molar-refractivity contribution in [2.45, 2.75) is 39.8 Å². The molecule has 0 aromatic carbocycles. The van der Waals surface area contributed by atoms with Crippen molar-refractivity contribution >= 4 is 6.03 Å². The van der Waals surface area contributed by atoms with E-state index in [9.17, 15) is 9.90 Å². The summed E-state index contributed by atoms with van der Waals surface area (Å²) in [6.45, 7) is 13.3. The highest BCUT2D eigenvalue weighted by molar-refractivity contribution is 5.74. The van der Waals surface area contributed by atoms with Crippen LogP contribution in [0.15, 0.2) is 0 Å². The molecule has 2 amide bonds. The van der Waals surface area contributed by atoms with Crippen molar-refractivity contribution in [3.63, 3.8) is 0 Å². The van der Waals surface area contributed by atoms with Crippen molar-refractivity contribution < 1.29 is 9.90 Å². The number of β-amino-alcohol motifs (C(OH)–C–C–N with tert-alkyl or cyclic N) is 1. The van der Waals surface area contributed by atoms with Crippen LogP contribution in [0.4, 0.5) is 4.79 Å². The van der Waals surface area contributed by atoms with E-state index in [1.54, 1.807) is 11.9 Å². The predicted molar refractivity (Wildman–Crippen MR) is 90.0 cm³/mol. The first-order valence-electron chi connectivity index (χ1n) is 8.20. The highest BCUT2D eigenvalue weighted by Gasteiger charge is 2.24. The molecule has 22 heavy (non-hydrogen) atoms. The van der Waals surface area contributed by atoms with Gasteiger partial charge in [0, 0.05) is 52.4 Å². The van der Waals surface area contributed by atoms with Crippen LogP contribution in [0, 0.1) is 5.41 Å². The van der Waals surface area contributed by atoms with Gasteiger partial charge >= 0.3 is 6.03 Å². The van der Waals surface area contributed by atoms with Crippen molar-refractivity contribution in [2.24, 2.45) is 5.41 Å². The number of nitrogens with one attached hydrogen (secondary N) is 1. The molecule has 1 rings (SSSR count). The fraction of sp³-hybridized carbons (Fsp3) is 0.938. The molecule has 6 nitrogen and oxygen atoms in total. The number of carbonyl (C=O) groups is 1. The Balaban J connectivity index is 2.33. The van der Waals surface area contributed by atoms with Gasteiger partial charge in [-0.2, -0.15) is 0 Å². The molecular formula is C16H34N4O2. The van der Waals surface area contributed by atoms with Gasteiger partial charge in [-0.25, -0.2) is 4.79 Å². The van der Waals surface area contributed by atoms with Crippen molar-refractivity contribution in [3.8, 4) is 0 Å². The van der Waals surface area contributed by atoms with Crippen LogP contribution < -0.4 is 5.32 Å². The lowest BCUT2D eigenvalue weighted by Crippen LogP contribution is -2.51. The Morgan fingerprint density at radius 1 is 1.27 bits per heavy atom. The number of aliphatic hydroxyl groups excluding tert-OH is 1. The number of aliphatic hydroxyl groups is 1. The van der Waals surface area contributed by atoms with E-state index in [0.29, 0.717) is 13.1 Å². The second kappa shape index (κ2) is 8.13. The summed E-state index contributed by atoms with van der Waals surface area (Å²) in [7, 11) is 3.85. The Bertz CT molecular complexity index is 349. The number of hydrogen-bond acceptors (Lipinski definition) is 4. The molecule has 0 aliphatic carbocycles. The van der Waals surface area contributed by atoms with Gasteiger partial charge in [0.05, 0.1) is 6.10 Å². The predicted octanol–water partition coefficient (Wildman–Crippen LogP) is 0.671. The largest absolute Gasteiger partial charge is 0.390 e. The Kier molecular flexibility index (Phi) is 7.09. The third kappa shape index (κ3) is 6.50. The topological polar surface area (TPSA) is 59.1 Å². The molecule has 0 bridgehead atoms. The third-order valence-corrected chi connectivity index (χ3v) is 4.54. The van der Waals surface area contributed by atoms with Gasteiger partial charge in [0.2, 0.25) is 0 Å². The average molecular weight is 314 g/mol. The summed E-state index contributed by atoms with van der Waals surface area (Å²) in [5, 5.41) is 13.2. The molecule has 2 atom stereocenters. The quantitative estimate of drug-likeness (QED) is 0.783.